The minimum Gasteiger partial charge on any atom is -0.339 e. The highest BCUT2D eigenvalue weighted by Gasteiger charge is 2.17. The minimum atomic E-state index is 0.840. The highest BCUT2D eigenvalue weighted by molar-refractivity contribution is 5.79. The first kappa shape index (κ1) is 12.3. The zero-order chi connectivity index (χ0) is 11.1. The van der Waals surface area contributed by atoms with E-state index < -0.39 is 0 Å². The summed E-state index contributed by atoms with van der Waals surface area (Å²) >= 11 is 0. The van der Waals surface area contributed by atoms with E-state index in [4.69, 9.17) is 5.84 Å². The van der Waals surface area contributed by atoms with Gasteiger partial charge in [0.15, 0.2) is 0 Å². The van der Waals surface area contributed by atoms with Gasteiger partial charge in [0.2, 0.25) is 5.96 Å². The lowest BCUT2D eigenvalue weighted by Gasteiger charge is -2.35. The van der Waals surface area contributed by atoms with Gasteiger partial charge in [-0.25, -0.2) is 5.84 Å². The van der Waals surface area contributed by atoms with Crippen LogP contribution in [0, 0.1) is 0 Å². The van der Waals surface area contributed by atoms with E-state index >= 15 is 0 Å². The van der Waals surface area contributed by atoms with Crippen LogP contribution >= 0.6 is 0 Å². The van der Waals surface area contributed by atoms with Crippen LogP contribution < -0.4 is 11.3 Å². The fourth-order valence-corrected chi connectivity index (χ4v) is 1.73. The third-order valence-electron chi connectivity index (χ3n) is 2.73. The first-order chi connectivity index (χ1) is 7.31. The standard InChI is InChI=1S/C10H23N5/c1-3-5-12-10(13-11)15-8-6-14(4-2)7-9-15/h3-9,11H2,1-2H3,(H,12,13). The molecule has 0 atom stereocenters. The number of guanidine groups is 1. The van der Waals surface area contributed by atoms with Crippen molar-refractivity contribution in [1.82, 2.24) is 15.2 Å². The second-order valence-electron chi connectivity index (χ2n) is 3.77. The van der Waals surface area contributed by atoms with Gasteiger partial charge in [-0.05, 0) is 13.0 Å². The number of hydrogen-bond acceptors (Lipinski definition) is 3. The highest BCUT2D eigenvalue weighted by atomic mass is 15.4. The Bertz CT molecular complexity index is 196. The Kier molecular flexibility index (Phi) is 5.42. The molecule has 1 aliphatic heterocycles. The summed E-state index contributed by atoms with van der Waals surface area (Å²) in [4.78, 5) is 9.08. The molecule has 15 heavy (non-hydrogen) atoms. The van der Waals surface area contributed by atoms with Crippen molar-refractivity contribution in [2.24, 2.45) is 10.8 Å². The van der Waals surface area contributed by atoms with E-state index in [2.05, 4.69) is 34.1 Å². The molecule has 1 fully saturated rings. The third kappa shape index (κ3) is 3.68. The van der Waals surface area contributed by atoms with Gasteiger partial charge in [0.05, 0.1) is 0 Å². The van der Waals surface area contributed by atoms with Crippen LogP contribution in [0.4, 0.5) is 0 Å². The minimum absolute atomic E-state index is 0.840. The van der Waals surface area contributed by atoms with E-state index in [1.54, 1.807) is 0 Å². The third-order valence-corrected chi connectivity index (χ3v) is 2.73. The molecule has 0 unspecified atom stereocenters. The van der Waals surface area contributed by atoms with E-state index in [-0.39, 0.29) is 0 Å². The summed E-state index contributed by atoms with van der Waals surface area (Å²) in [6.07, 6.45) is 1.06. The van der Waals surface area contributed by atoms with E-state index in [0.29, 0.717) is 0 Å². The predicted molar refractivity (Wildman–Crippen MR) is 63.6 cm³/mol. The molecule has 0 saturated carbocycles. The average molecular weight is 213 g/mol. The lowest BCUT2D eigenvalue weighted by atomic mass is 10.3. The van der Waals surface area contributed by atoms with Gasteiger partial charge in [-0.3, -0.25) is 10.4 Å². The molecule has 1 heterocycles. The Morgan fingerprint density at radius 2 is 1.93 bits per heavy atom. The average Bonchev–Trinajstić information content (AvgIpc) is 2.31. The molecular formula is C10H23N5. The molecule has 5 heteroatoms. The molecular weight excluding hydrogens is 190 g/mol. The van der Waals surface area contributed by atoms with Crippen molar-refractivity contribution in [1.29, 1.82) is 0 Å². The van der Waals surface area contributed by atoms with Crippen LogP contribution in [0.3, 0.4) is 0 Å². The number of nitrogens with one attached hydrogen (secondary N) is 1. The number of nitrogens with zero attached hydrogens (tertiary/aromatic N) is 3. The maximum atomic E-state index is 5.48. The molecule has 1 aliphatic rings. The molecule has 0 aromatic carbocycles. The summed E-state index contributed by atoms with van der Waals surface area (Å²) in [6.45, 7) is 10.5. The number of piperazine rings is 1. The zero-order valence-corrected chi connectivity index (χ0v) is 9.87. The van der Waals surface area contributed by atoms with Crippen molar-refractivity contribution in [3.8, 4) is 0 Å². The highest BCUT2D eigenvalue weighted by Crippen LogP contribution is 2.01. The largest absolute Gasteiger partial charge is 0.339 e. The first-order valence-electron chi connectivity index (χ1n) is 5.80. The van der Waals surface area contributed by atoms with Crippen LogP contribution in [-0.2, 0) is 0 Å². The second-order valence-corrected chi connectivity index (χ2v) is 3.77. The molecule has 3 N–H and O–H groups in total. The summed E-state index contributed by atoms with van der Waals surface area (Å²) in [5.41, 5.74) is 2.70. The molecule has 0 aliphatic carbocycles. The number of likely N-dealkylation sites (N-methyl/N-ethyl adjacent to an activating group) is 1. The summed E-state index contributed by atoms with van der Waals surface area (Å²) in [6, 6.07) is 0. The van der Waals surface area contributed by atoms with Gasteiger partial charge in [0, 0.05) is 32.7 Å². The van der Waals surface area contributed by atoms with Gasteiger partial charge in [-0.2, -0.15) is 0 Å². The summed E-state index contributed by atoms with van der Waals surface area (Å²) in [5, 5.41) is 0. The second kappa shape index (κ2) is 6.63. The van der Waals surface area contributed by atoms with Gasteiger partial charge in [-0.1, -0.05) is 13.8 Å². The predicted octanol–water partition coefficient (Wildman–Crippen LogP) is -0.147. The normalized spacial score (nSPS) is 19.4. The summed E-state index contributed by atoms with van der Waals surface area (Å²) in [7, 11) is 0. The van der Waals surface area contributed by atoms with Crippen molar-refractivity contribution in [2.75, 3.05) is 39.3 Å². The number of nitrogens with two attached hydrogens (primary N) is 1. The Hall–Kier alpha value is -0.810. The molecule has 0 bridgehead atoms. The van der Waals surface area contributed by atoms with Gasteiger partial charge < -0.3 is 9.80 Å². The number of aliphatic imine (C=N–C) groups is 1. The summed E-state index contributed by atoms with van der Waals surface area (Å²) < 4.78 is 0. The molecule has 88 valence electrons. The van der Waals surface area contributed by atoms with Crippen LogP contribution in [0.2, 0.25) is 0 Å². The fraction of sp³-hybridized carbons (Fsp3) is 0.900. The van der Waals surface area contributed by atoms with Gasteiger partial charge in [-0.15, -0.1) is 0 Å². The van der Waals surface area contributed by atoms with Crippen molar-refractivity contribution >= 4 is 5.96 Å². The van der Waals surface area contributed by atoms with E-state index in [9.17, 15) is 0 Å². The summed E-state index contributed by atoms with van der Waals surface area (Å²) in [5.74, 6) is 6.32. The number of rotatable bonds is 3. The Morgan fingerprint density at radius 1 is 1.27 bits per heavy atom. The van der Waals surface area contributed by atoms with E-state index in [1.807, 2.05) is 0 Å². The van der Waals surface area contributed by atoms with Crippen molar-refractivity contribution < 1.29 is 0 Å². The van der Waals surface area contributed by atoms with Crippen LogP contribution in [0.5, 0.6) is 0 Å². The lowest BCUT2D eigenvalue weighted by molar-refractivity contribution is 0.186. The van der Waals surface area contributed by atoms with Crippen LogP contribution in [0.1, 0.15) is 20.3 Å². The van der Waals surface area contributed by atoms with E-state index in [0.717, 1.165) is 51.6 Å². The topological polar surface area (TPSA) is 56.9 Å². The van der Waals surface area contributed by atoms with Crippen LogP contribution in [0.25, 0.3) is 0 Å². The van der Waals surface area contributed by atoms with Crippen molar-refractivity contribution in [2.45, 2.75) is 20.3 Å². The van der Waals surface area contributed by atoms with Gasteiger partial charge in [0.1, 0.15) is 0 Å². The monoisotopic (exact) mass is 213 g/mol. The maximum Gasteiger partial charge on any atom is 0.208 e. The maximum absolute atomic E-state index is 5.48. The first-order valence-corrected chi connectivity index (χ1v) is 5.80. The van der Waals surface area contributed by atoms with Gasteiger partial charge >= 0.3 is 0 Å². The Balaban J connectivity index is 2.42. The van der Waals surface area contributed by atoms with Gasteiger partial charge in [0.25, 0.3) is 0 Å². The van der Waals surface area contributed by atoms with E-state index in [1.165, 1.54) is 0 Å². The van der Waals surface area contributed by atoms with Crippen molar-refractivity contribution in [3.05, 3.63) is 0 Å². The quantitative estimate of drug-likeness (QED) is 0.296. The molecule has 0 amide bonds. The lowest BCUT2D eigenvalue weighted by Crippen LogP contribution is -2.53. The fourth-order valence-electron chi connectivity index (χ4n) is 1.73. The molecule has 5 nitrogen and oxygen atoms in total. The molecule has 0 spiro atoms. The molecule has 0 aromatic heterocycles. The SMILES string of the molecule is CCCN=C(NN)N1CCN(CC)CC1. The van der Waals surface area contributed by atoms with Crippen molar-refractivity contribution in [3.63, 3.8) is 0 Å². The molecule has 1 saturated heterocycles. The Morgan fingerprint density at radius 3 is 2.40 bits per heavy atom. The molecule has 0 aromatic rings. The number of hydrogen-bond donors (Lipinski definition) is 2. The Labute approximate surface area is 92.3 Å². The molecule has 1 rings (SSSR count). The number of hydrazine groups is 1. The smallest absolute Gasteiger partial charge is 0.208 e. The zero-order valence-electron chi connectivity index (χ0n) is 9.87. The molecule has 0 radical (unpaired) electrons. The van der Waals surface area contributed by atoms with Crippen LogP contribution in [-0.4, -0.2) is 55.0 Å². The van der Waals surface area contributed by atoms with Crippen LogP contribution in [0.15, 0.2) is 4.99 Å².